The standard InChI is InChI=1S/C19H18F2N4O3S.ClH/c1-25-17-11(10-22-19(24-17)23-12-5-7-29(27)8-6-12)9-15(18(25)26)28-16-13(20)3-2-4-14(16)21;/h2-4,9-10,12H,5-8H2,1H3,(H,22,23,24);1H. The molecule has 160 valence electrons. The van der Waals surface area contributed by atoms with E-state index in [0.29, 0.717) is 28.5 Å². The van der Waals surface area contributed by atoms with Crippen LogP contribution in [0.2, 0.25) is 0 Å². The van der Waals surface area contributed by atoms with Crippen molar-refractivity contribution in [1.82, 2.24) is 14.5 Å². The van der Waals surface area contributed by atoms with E-state index in [9.17, 15) is 17.8 Å². The van der Waals surface area contributed by atoms with Crippen LogP contribution >= 0.6 is 12.4 Å². The third-order valence-electron chi connectivity index (χ3n) is 4.77. The molecular weight excluding hydrogens is 438 g/mol. The first-order valence-electron chi connectivity index (χ1n) is 9.02. The highest BCUT2D eigenvalue weighted by Crippen LogP contribution is 2.27. The smallest absolute Gasteiger partial charge is 0.294 e. The molecule has 1 N–H and O–H groups in total. The summed E-state index contributed by atoms with van der Waals surface area (Å²) in [6, 6.07) is 4.78. The summed E-state index contributed by atoms with van der Waals surface area (Å²) >= 11 is 0. The Morgan fingerprint density at radius 3 is 2.57 bits per heavy atom. The molecule has 0 amide bonds. The molecule has 11 heteroatoms. The maximum Gasteiger partial charge on any atom is 0.294 e. The van der Waals surface area contributed by atoms with Gasteiger partial charge in [-0.25, -0.2) is 13.8 Å². The second-order valence-electron chi connectivity index (χ2n) is 6.76. The number of nitrogens with zero attached hydrogens (tertiary/aromatic N) is 3. The van der Waals surface area contributed by atoms with E-state index >= 15 is 0 Å². The van der Waals surface area contributed by atoms with Crippen LogP contribution in [-0.4, -0.2) is 36.3 Å². The summed E-state index contributed by atoms with van der Waals surface area (Å²) in [6.45, 7) is 0. The number of anilines is 1. The summed E-state index contributed by atoms with van der Waals surface area (Å²) in [5.74, 6) is -1.05. The lowest BCUT2D eigenvalue weighted by Crippen LogP contribution is -2.30. The number of aryl methyl sites for hydroxylation is 1. The van der Waals surface area contributed by atoms with Crippen molar-refractivity contribution in [3.8, 4) is 11.5 Å². The van der Waals surface area contributed by atoms with Crippen LogP contribution in [0.25, 0.3) is 11.0 Å². The van der Waals surface area contributed by atoms with Gasteiger partial charge in [0.05, 0.1) is 0 Å². The van der Waals surface area contributed by atoms with E-state index in [4.69, 9.17) is 4.74 Å². The van der Waals surface area contributed by atoms with Crippen molar-refractivity contribution in [2.45, 2.75) is 18.9 Å². The van der Waals surface area contributed by atoms with Gasteiger partial charge in [-0.1, -0.05) is 6.07 Å². The van der Waals surface area contributed by atoms with Gasteiger partial charge in [0.1, 0.15) is 5.65 Å². The lowest BCUT2D eigenvalue weighted by atomic mass is 10.2. The minimum atomic E-state index is -0.906. The molecular formula is C19H19ClF2N4O3S. The molecule has 0 radical (unpaired) electrons. The number of fused-ring (bicyclic) bond motifs is 1. The summed E-state index contributed by atoms with van der Waals surface area (Å²) in [4.78, 5) is 21.3. The number of para-hydroxylation sites is 1. The van der Waals surface area contributed by atoms with E-state index in [-0.39, 0.29) is 24.2 Å². The summed E-state index contributed by atoms with van der Waals surface area (Å²) < 4.78 is 45.7. The van der Waals surface area contributed by atoms with Gasteiger partial charge in [0.2, 0.25) is 5.95 Å². The molecule has 1 fully saturated rings. The SMILES string of the molecule is Cl.Cn1c(=O)c(Oc2c(F)cccc2F)cc2cnc(NC3CCS(=O)CC3)nc21. The first-order chi connectivity index (χ1) is 13.9. The highest BCUT2D eigenvalue weighted by atomic mass is 35.5. The van der Waals surface area contributed by atoms with Crippen molar-refractivity contribution in [3.63, 3.8) is 0 Å². The molecule has 0 bridgehead atoms. The third-order valence-corrected chi connectivity index (χ3v) is 6.15. The van der Waals surface area contributed by atoms with Gasteiger partial charge in [-0.05, 0) is 31.0 Å². The lowest BCUT2D eigenvalue weighted by Gasteiger charge is -2.22. The first kappa shape index (κ1) is 22.1. The van der Waals surface area contributed by atoms with Crippen LogP contribution in [0.5, 0.6) is 11.5 Å². The molecule has 2 aromatic heterocycles. The predicted molar refractivity (Wildman–Crippen MR) is 113 cm³/mol. The minimum absolute atomic E-state index is 0. The van der Waals surface area contributed by atoms with E-state index in [0.717, 1.165) is 25.0 Å². The Bertz CT molecular complexity index is 1140. The normalized spacial score (nSPS) is 18.6. The number of hydrogen-bond donors (Lipinski definition) is 1. The fourth-order valence-electron chi connectivity index (χ4n) is 3.17. The van der Waals surface area contributed by atoms with Crippen molar-refractivity contribution in [1.29, 1.82) is 0 Å². The van der Waals surface area contributed by atoms with Gasteiger partial charge in [0.15, 0.2) is 23.1 Å². The Kier molecular flexibility index (Phi) is 6.67. The monoisotopic (exact) mass is 456 g/mol. The summed E-state index contributed by atoms with van der Waals surface area (Å²) in [5, 5.41) is 3.69. The van der Waals surface area contributed by atoms with Gasteiger partial charge in [-0.3, -0.25) is 13.6 Å². The molecule has 0 unspecified atom stereocenters. The van der Waals surface area contributed by atoms with E-state index < -0.39 is 33.7 Å². The van der Waals surface area contributed by atoms with Gasteiger partial charge in [-0.15, -0.1) is 12.4 Å². The molecule has 30 heavy (non-hydrogen) atoms. The molecule has 1 aromatic carbocycles. The average Bonchev–Trinajstić information content (AvgIpc) is 2.70. The highest BCUT2D eigenvalue weighted by Gasteiger charge is 2.20. The number of halogens is 3. The number of nitrogens with one attached hydrogen (secondary N) is 1. The zero-order valence-corrected chi connectivity index (χ0v) is 17.6. The maximum absolute atomic E-state index is 13.9. The zero-order chi connectivity index (χ0) is 20.5. The van der Waals surface area contributed by atoms with Crippen LogP contribution in [0.15, 0.2) is 35.3 Å². The van der Waals surface area contributed by atoms with Gasteiger partial charge in [-0.2, -0.15) is 4.98 Å². The molecule has 0 saturated carbocycles. The molecule has 0 spiro atoms. The molecule has 4 rings (SSSR count). The number of hydrogen-bond acceptors (Lipinski definition) is 6. The van der Waals surface area contributed by atoms with Crippen molar-refractivity contribution < 1.29 is 17.7 Å². The van der Waals surface area contributed by atoms with Gasteiger partial charge in [0, 0.05) is 47.0 Å². The number of aromatic nitrogens is 3. The molecule has 3 heterocycles. The van der Waals surface area contributed by atoms with E-state index in [1.54, 1.807) is 0 Å². The topological polar surface area (TPSA) is 86.1 Å². The minimum Gasteiger partial charge on any atom is -0.445 e. The number of ether oxygens (including phenoxy) is 1. The summed E-state index contributed by atoms with van der Waals surface area (Å²) in [5.41, 5.74) is -0.230. The second kappa shape index (κ2) is 9.05. The quantitative estimate of drug-likeness (QED) is 0.649. The molecule has 1 aliphatic heterocycles. The number of pyridine rings is 1. The van der Waals surface area contributed by atoms with Gasteiger partial charge >= 0.3 is 0 Å². The Morgan fingerprint density at radius 2 is 1.90 bits per heavy atom. The average molecular weight is 457 g/mol. The lowest BCUT2D eigenvalue weighted by molar-refractivity contribution is 0.401. The van der Waals surface area contributed by atoms with Crippen molar-refractivity contribution in [2.24, 2.45) is 7.05 Å². The van der Waals surface area contributed by atoms with E-state index in [1.807, 2.05) is 0 Å². The third kappa shape index (κ3) is 4.44. The zero-order valence-electron chi connectivity index (χ0n) is 15.9. The van der Waals surface area contributed by atoms with Crippen LogP contribution in [0, 0.1) is 11.6 Å². The van der Waals surface area contributed by atoms with Crippen LogP contribution < -0.4 is 15.6 Å². The molecule has 0 atom stereocenters. The number of benzene rings is 1. The molecule has 1 aliphatic rings. The van der Waals surface area contributed by atoms with E-state index in [1.165, 1.54) is 29.9 Å². The fourth-order valence-corrected chi connectivity index (χ4v) is 4.47. The Balaban J connectivity index is 0.00000256. The van der Waals surface area contributed by atoms with Crippen LogP contribution in [0.3, 0.4) is 0 Å². The molecule has 3 aromatic rings. The summed E-state index contributed by atoms with van der Waals surface area (Å²) in [6.07, 6.45) is 3.03. The van der Waals surface area contributed by atoms with Crippen molar-refractivity contribution in [2.75, 3.05) is 16.8 Å². The van der Waals surface area contributed by atoms with Gasteiger partial charge < -0.3 is 10.1 Å². The van der Waals surface area contributed by atoms with Crippen molar-refractivity contribution in [3.05, 3.63) is 52.5 Å². The van der Waals surface area contributed by atoms with E-state index in [2.05, 4.69) is 15.3 Å². The van der Waals surface area contributed by atoms with Gasteiger partial charge in [0.25, 0.3) is 5.56 Å². The van der Waals surface area contributed by atoms with Crippen LogP contribution in [-0.2, 0) is 17.8 Å². The Hall–Kier alpha value is -2.59. The Morgan fingerprint density at radius 1 is 1.23 bits per heavy atom. The van der Waals surface area contributed by atoms with Crippen LogP contribution in [0.4, 0.5) is 14.7 Å². The first-order valence-corrected chi connectivity index (χ1v) is 10.5. The molecule has 0 aliphatic carbocycles. The Labute approximate surface area is 179 Å². The highest BCUT2D eigenvalue weighted by molar-refractivity contribution is 7.85. The van der Waals surface area contributed by atoms with Crippen molar-refractivity contribution >= 4 is 40.2 Å². The van der Waals surface area contributed by atoms with Crippen LogP contribution in [0.1, 0.15) is 12.8 Å². The molecule has 1 saturated heterocycles. The predicted octanol–water partition coefficient (Wildman–Crippen LogP) is 3.14. The molecule has 7 nitrogen and oxygen atoms in total. The maximum atomic E-state index is 13.9. The fraction of sp³-hybridized carbons (Fsp3) is 0.316. The summed E-state index contributed by atoms with van der Waals surface area (Å²) in [7, 11) is 0.731. The number of rotatable bonds is 4. The largest absolute Gasteiger partial charge is 0.445 e. The second-order valence-corrected chi connectivity index (χ2v) is 8.46.